The van der Waals surface area contributed by atoms with E-state index in [1.54, 1.807) is 6.20 Å². The predicted molar refractivity (Wildman–Crippen MR) is 88.3 cm³/mol. The number of nitrogens with zero attached hydrogens (tertiary/aromatic N) is 1. The highest BCUT2D eigenvalue weighted by Gasteiger charge is 2.28. The van der Waals surface area contributed by atoms with Gasteiger partial charge in [-0.15, -0.1) is 0 Å². The van der Waals surface area contributed by atoms with Crippen LogP contribution in [0.1, 0.15) is 18.2 Å². The Hall–Kier alpha value is -2.71. The number of nitrogens with two attached hydrogens (primary N) is 2. The summed E-state index contributed by atoms with van der Waals surface area (Å²) in [5.41, 5.74) is 11.3. The van der Waals surface area contributed by atoms with E-state index in [2.05, 4.69) is 9.97 Å². The molecule has 1 heterocycles. The highest BCUT2D eigenvalue weighted by atomic mass is 16.4. The van der Waals surface area contributed by atoms with Crippen LogP contribution in [0.4, 0.5) is 0 Å². The number of benzene rings is 1. The SMILES string of the molecule is CC(N)(Cc1cnc[nH]1)C(=O)O.NC(Cc1ccccc1)C(=O)O. The maximum atomic E-state index is 10.6. The monoisotopic (exact) mass is 334 g/mol. The molecule has 1 aromatic heterocycles. The molecule has 0 radical (unpaired) electrons. The van der Waals surface area contributed by atoms with Crippen LogP contribution in [0.2, 0.25) is 0 Å². The molecule has 2 rings (SSSR count). The largest absolute Gasteiger partial charge is 0.480 e. The van der Waals surface area contributed by atoms with Crippen LogP contribution in [-0.2, 0) is 22.4 Å². The molecule has 24 heavy (non-hydrogen) atoms. The molecule has 130 valence electrons. The molecule has 2 atom stereocenters. The van der Waals surface area contributed by atoms with Gasteiger partial charge < -0.3 is 26.7 Å². The van der Waals surface area contributed by atoms with Gasteiger partial charge in [-0.05, 0) is 18.9 Å². The molecule has 2 aromatic rings. The van der Waals surface area contributed by atoms with Crippen LogP contribution in [0.25, 0.3) is 0 Å². The lowest BCUT2D eigenvalue weighted by atomic mass is 9.98. The van der Waals surface area contributed by atoms with E-state index in [1.165, 1.54) is 13.3 Å². The summed E-state index contributed by atoms with van der Waals surface area (Å²) in [4.78, 5) is 27.5. The van der Waals surface area contributed by atoms with Crippen molar-refractivity contribution in [3.05, 3.63) is 54.1 Å². The minimum atomic E-state index is -1.23. The van der Waals surface area contributed by atoms with Crippen molar-refractivity contribution in [1.29, 1.82) is 0 Å². The minimum Gasteiger partial charge on any atom is -0.480 e. The predicted octanol–water partition coefficient (Wildman–Crippen LogP) is 0.395. The number of rotatable bonds is 6. The smallest absolute Gasteiger partial charge is 0.323 e. The molecule has 0 aliphatic rings. The van der Waals surface area contributed by atoms with Gasteiger partial charge >= 0.3 is 11.9 Å². The van der Waals surface area contributed by atoms with Crippen molar-refractivity contribution in [2.45, 2.75) is 31.3 Å². The van der Waals surface area contributed by atoms with Crippen LogP contribution in [0.5, 0.6) is 0 Å². The van der Waals surface area contributed by atoms with Gasteiger partial charge in [-0.1, -0.05) is 30.3 Å². The van der Waals surface area contributed by atoms with Gasteiger partial charge in [-0.2, -0.15) is 0 Å². The lowest BCUT2D eigenvalue weighted by Crippen LogP contribution is -2.46. The molecule has 0 bridgehead atoms. The Kier molecular flexibility index (Phi) is 7.09. The standard InChI is InChI=1S/C9H11NO2.C7H11N3O2/c10-8(9(11)12)6-7-4-2-1-3-5-7;1-7(8,6(11)12)2-5-3-9-4-10-5/h1-5,8H,6,10H2,(H,11,12);3-4H,2,8H2,1H3,(H,9,10)(H,11,12). The van der Waals surface area contributed by atoms with Crippen molar-refractivity contribution in [2.75, 3.05) is 0 Å². The number of H-pyrrole nitrogens is 1. The van der Waals surface area contributed by atoms with E-state index in [9.17, 15) is 9.59 Å². The summed E-state index contributed by atoms with van der Waals surface area (Å²) in [5.74, 6) is -1.98. The second kappa shape index (κ2) is 8.80. The van der Waals surface area contributed by atoms with Crippen molar-refractivity contribution >= 4 is 11.9 Å². The summed E-state index contributed by atoms with van der Waals surface area (Å²) < 4.78 is 0. The van der Waals surface area contributed by atoms with Crippen LogP contribution in [0.15, 0.2) is 42.9 Å². The fourth-order valence-electron chi connectivity index (χ4n) is 1.81. The van der Waals surface area contributed by atoms with Crippen molar-refractivity contribution in [3.8, 4) is 0 Å². The molecule has 0 spiro atoms. The molecule has 8 nitrogen and oxygen atoms in total. The van der Waals surface area contributed by atoms with Crippen molar-refractivity contribution in [1.82, 2.24) is 9.97 Å². The van der Waals surface area contributed by atoms with Gasteiger partial charge in [0.25, 0.3) is 0 Å². The second-order valence-electron chi connectivity index (χ2n) is 5.61. The Morgan fingerprint density at radius 1 is 1.29 bits per heavy atom. The number of aromatic nitrogens is 2. The molecule has 2 unspecified atom stereocenters. The zero-order valence-corrected chi connectivity index (χ0v) is 13.3. The van der Waals surface area contributed by atoms with Crippen LogP contribution in [0, 0.1) is 0 Å². The van der Waals surface area contributed by atoms with E-state index < -0.39 is 23.5 Å². The fourth-order valence-corrected chi connectivity index (χ4v) is 1.81. The van der Waals surface area contributed by atoms with Gasteiger partial charge in [0.05, 0.1) is 6.33 Å². The van der Waals surface area contributed by atoms with Gasteiger partial charge in [0.2, 0.25) is 0 Å². The van der Waals surface area contributed by atoms with E-state index in [0.717, 1.165) is 11.3 Å². The fraction of sp³-hybridized carbons (Fsp3) is 0.312. The van der Waals surface area contributed by atoms with E-state index in [-0.39, 0.29) is 6.42 Å². The summed E-state index contributed by atoms with van der Waals surface area (Å²) >= 11 is 0. The number of imidazole rings is 1. The minimum absolute atomic E-state index is 0.252. The first-order chi connectivity index (χ1) is 11.2. The third-order valence-corrected chi connectivity index (χ3v) is 3.22. The van der Waals surface area contributed by atoms with Gasteiger partial charge in [-0.25, -0.2) is 4.98 Å². The summed E-state index contributed by atoms with van der Waals surface area (Å²) in [5, 5.41) is 17.2. The number of carboxylic acids is 2. The first-order valence-electron chi connectivity index (χ1n) is 7.24. The number of aromatic amines is 1. The van der Waals surface area contributed by atoms with Crippen LogP contribution in [0.3, 0.4) is 0 Å². The van der Waals surface area contributed by atoms with Crippen LogP contribution < -0.4 is 11.5 Å². The van der Waals surface area contributed by atoms with Gasteiger partial charge in [-0.3, -0.25) is 9.59 Å². The van der Waals surface area contributed by atoms with E-state index in [4.69, 9.17) is 21.7 Å². The van der Waals surface area contributed by atoms with E-state index in [0.29, 0.717) is 6.42 Å². The van der Waals surface area contributed by atoms with Gasteiger partial charge in [0, 0.05) is 18.3 Å². The number of nitrogens with one attached hydrogen (secondary N) is 1. The maximum absolute atomic E-state index is 10.6. The van der Waals surface area contributed by atoms with Crippen molar-refractivity contribution < 1.29 is 19.8 Å². The lowest BCUT2D eigenvalue weighted by molar-refractivity contribution is -0.142. The topological polar surface area (TPSA) is 155 Å². The average Bonchev–Trinajstić information content (AvgIpc) is 3.01. The molecule has 0 amide bonds. The van der Waals surface area contributed by atoms with E-state index >= 15 is 0 Å². The maximum Gasteiger partial charge on any atom is 0.323 e. The van der Waals surface area contributed by atoms with Gasteiger partial charge in [0.15, 0.2) is 0 Å². The molecule has 0 aliphatic heterocycles. The molecule has 0 saturated carbocycles. The average molecular weight is 334 g/mol. The highest BCUT2D eigenvalue weighted by Crippen LogP contribution is 2.07. The summed E-state index contributed by atoms with van der Waals surface area (Å²) in [7, 11) is 0. The third-order valence-electron chi connectivity index (χ3n) is 3.22. The molecule has 0 fully saturated rings. The Labute approximate surface area is 139 Å². The number of aliphatic carboxylic acids is 2. The number of carbonyl (C=O) groups is 2. The summed E-state index contributed by atoms with van der Waals surface area (Å²) in [6, 6.07) is 8.54. The molecular weight excluding hydrogens is 312 g/mol. The Morgan fingerprint density at radius 3 is 2.38 bits per heavy atom. The number of carboxylic acid groups (broad SMARTS) is 2. The van der Waals surface area contributed by atoms with Crippen molar-refractivity contribution in [2.24, 2.45) is 11.5 Å². The molecule has 7 N–H and O–H groups in total. The lowest BCUT2D eigenvalue weighted by Gasteiger charge is -2.17. The Balaban J connectivity index is 0.000000240. The Bertz CT molecular complexity index is 641. The first-order valence-corrected chi connectivity index (χ1v) is 7.24. The summed E-state index contributed by atoms with van der Waals surface area (Å²) in [6.45, 7) is 1.47. The zero-order valence-electron chi connectivity index (χ0n) is 13.3. The van der Waals surface area contributed by atoms with Crippen LogP contribution in [-0.4, -0.2) is 43.7 Å². The molecule has 0 saturated heterocycles. The quantitative estimate of drug-likeness (QED) is 0.512. The zero-order chi connectivity index (χ0) is 18.2. The second-order valence-corrected chi connectivity index (χ2v) is 5.61. The molecule has 8 heteroatoms. The molecular formula is C16H22N4O4. The third kappa shape index (κ3) is 6.59. The van der Waals surface area contributed by atoms with Gasteiger partial charge in [0.1, 0.15) is 11.6 Å². The van der Waals surface area contributed by atoms with Crippen molar-refractivity contribution in [3.63, 3.8) is 0 Å². The normalized spacial score (nSPS) is 14.0. The number of hydrogen-bond donors (Lipinski definition) is 5. The van der Waals surface area contributed by atoms with Crippen LogP contribution >= 0.6 is 0 Å². The highest BCUT2D eigenvalue weighted by molar-refractivity contribution is 5.78. The number of hydrogen-bond acceptors (Lipinski definition) is 5. The summed E-state index contributed by atoms with van der Waals surface area (Å²) in [6.07, 6.45) is 3.69. The van der Waals surface area contributed by atoms with E-state index in [1.807, 2.05) is 30.3 Å². The first kappa shape index (κ1) is 19.3. The Morgan fingerprint density at radius 2 is 1.92 bits per heavy atom. The molecule has 0 aliphatic carbocycles. The molecule has 1 aromatic carbocycles.